The minimum absolute atomic E-state index is 0.0376. The van der Waals surface area contributed by atoms with Crippen LogP contribution < -0.4 is 20.1 Å². The molecule has 4 rings (SSSR count). The number of thioether (sulfide) groups is 1. The van der Waals surface area contributed by atoms with E-state index in [0.29, 0.717) is 18.0 Å². The second-order valence-corrected chi connectivity index (χ2v) is 7.34. The Morgan fingerprint density at radius 3 is 2.81 bits per heavy atom. The SMILES string of the molecule is O=C(NCc1ccc2c(c1)OCO2)[C@@H]1CSCC(c2ccc(F)cc2)N1. The summed E-state index contributed by atoms with van der Waals surface area (Å²) >= 11 is 1.72. The highest BCUT2D eigenvalue weighted by Crippen LogP contribution is 2.32. The number of hydrogen-bond acceptors (Lipinski definition) is 5. The van der Waals surface area contributed by atoms with Gasteiger partial charge in [0.1, 0.15) is 5.82 Å². The van der Waals surface area contributed by atoms with Crippen molar-refractivity contribution in [3.05, 3.63) is 59.4 Å². The number of rotatable bonds is 4. The smallest absolute Gasteiger partial charge is 0.238 e. The van der Waals surface area contributed by atoms with E-state index in [1.54, 1.807) is 23.9 Å². The third kappa shape index (κ3) is 3.78. The lowest BCUT2D eigenvalue weighted by atomic mass is 10.1. The van der Waals surface area contributed by atoms with Crippen LogP contribution >= 0.6 is 11.8 Å². The monoisotopic (exact) mass is 374 g/mol. The van der Waals surface area contributed by atoms with E-state index < -0.39 is 0 Å². The number of carbonyl (C=O) groups excluding carboxylic acids is 1. The minimum Gasteiger partial charge on any atom is -0.454 e. The Kier molecular flexibility index (Phi) is 4.99. The number of halogens is 1. The topological polar surface area (TPSA) is 59.6 Å². The molecule has 26 heavy (non-hydrogen) atoms. The van der Waals surface area contributed by atoms with Gasteiger partial charge in [-0.25, -0.2) is 4.39 Å². The molecule has 5 nitrogen and oxygen atoms in total. The van der Waals surface area contributed by atoms with E-state index in [9.17, 15) is 9.18 Å². The Morgan fingerprint density at radius 1 is 1.15 bits per heavy atom. The van der Waals surface area contributed by atoms with Crippen molar-refractivity contribution in [1.82, 2.24) is 10.6 Å². The molecule has 0 aromatic heterocycles. The average molecular weight is 374 g/mol. The van der Waals surface area contributed by atoms with Crippen molar-refractivity contribution < 1.29 is 18.7 Å². The molecule has 0 radical (unpaired) electrons. The van der Waals surface area contributed by atoms with Crippen molar-refractivity contribution in [3.63, 3.8) is 0 Å². The summed E-state index contributed by atoms with van der Waals surface area (Å²) in [5.41, 5.74) is 1.95. The molecule has 0 spiro atoms. The number of carbonyl (C=O) groups is 1. The number of hydrogen-bond donors (Lipinski definition) is 2. The highest BCUT2D eigenvalue weighted by molar-refractivity contribution is 7.99. The molecule has 2 heterocycles. The van der Waals surface area contributed by atoms with E-state index in [4.69, 9.17) is 9.47 Å². The molecule has 2 aliphatic rings. The van der Waals surface area contributed by atoms with Gasteiger partial charge in [-0.3, -0.25) is 10.1 Å². The van der Waals surface area contributed by atoms with E-state index in [-0.39, 0.29) is 30.6 Å². The number of fused-ring (bicyclic) bond motifs is 1. The van der Waals surface area contributed by atoms with Crippen molar-refractivity contribution in [3.8, 4) is 11.5 Å². The van der Waals surface area contributed by atoms with Crippen LogP contribution in [0, 0.1) is 5.82 Å². The summed E-state index contributed by atoms with van der Waals surface area (Å²) in [5.74, 6) is 2.71. The van der Waals surface area contributed by atoms with Crippen molar-refractivity contribution in [2.45, 2.75) is 18.6 Å². The van der Waals surface area contributed by atoms with Gasteiger partial charge in [0.15, 0.2) is 11.5 Å². The van der Waals surface area contributed by atoms with Gasteiger partial charge in [-0.2, -0.15) is 11.8 Å². The number of amides is 1. The standard InChI is InChI=1S/C19H19FN2O3S/c20-14-4-2-13(3-5-14)15-9-26-10-16(22-15)19(23)21-8-12-1-6-17-18(7-12)25-11-24-17/h1-7,15-16,22H,8-11H2,(H,21,23)/t15?,16-/m0/s1. The van der Waals surface area contributed by atoms with E-state index in [1.807, 2.05) is 18.2 Å². The summed E-state index contributed by atoms with van der Waals surface area (Å²) in [4.78, 5) is 12.5. The molecule has 1 unspecified atom stereocenters. The van der Waals surface area contributed by atoms with Crippen LogP contribution in [0.4, 0.5) is 4.39 Å². The van der Waals surface area contributed by atoms with Gasteiger partial charge in [0.25, 0.3) is 0 Å². The second-order valence-electron chi connectivity index (χ2n) is 6.27. The van der Waals surface area contributed by atoms with Gasteiger partial charge in [0.2, 0.25) is 12.7 Å². The van der Waals surface area contributed by atoms with Crippen molar-refractivity contribution >= 4 is 17.7 Å². The number of benzene rings is 2. The summed E-state index contributed by atoms with van der Waals surface area (Å²) in [7, 11) is 0. The lowest BCUT2D eigenvalue weighted by molar-refractivity contribution is -0.123. The minimum atomic E-state index is -0.280. The summed E-state index contributed by atoms with van der Waals surface area (Å²) in [6.45, 7) is 0.665. The zero-order valence-electron chi connectivity index (χ0n) is 14.0. The van der Waals surface area contributed by atoms with E-state index in [1.165, 1.54) is 12.1 Å². The maximum Gasteiger partial charge on any atom is 0.238 e. The van der Waals surface area contributed by atoms with Gasteiger partial charge >= 0.3 is 0 Å². The molecule has 1 saturated heterocycles. The van der Waals surface area contributed by atoms with Gasteiger partial charge in [-0.1, -0.05) is 18.2 Å². The molecule has 2 atom stereocenters. The van der Waals surface area contributed by atoms with Gasteiger partial charge in [-0.05, 0) is 35.4 Å². The summed E-state index contributed by atoms with van der Waals surface area (Å²) in [6, 6.07) is 11.8. The van der Waals surface area contributed by atoms with Crippen LogP contribution in [0.3, 0.4) is 0 Å². The third-order valence-electron chi connectivity index (χ3n) is 4.46. The fraction of sp³-hybridized carbons (Fsp3) is 0.316. The molecule has 7 heteroatoms. The molecule has 2 aliphatic heterocycles. The van der Waals surface area contributed by atoms with Crippen LogP contribution in [0.1, 0.15) is 17.2 Å². The van der Waals surface area contributed by atoms with Gasteiger partial charge in [0, 0.05) is 24.1 Å². The van der Waals surface area contributed by atoms with Crippen LogP contribution in [-0.4, -0.2) is 30.2 Å². The third-order valence-corrected chi connectivity index (χ3v) is 5.60. The number of nitrogens with one attached hydrogen (secondary N) is 2. The lowest BCUT2D eigenvalue weighted by Gasteiger charge is -2.30. The van der Waals surface area contributed by atoms with Crippen LogP contribution in [0.15, 0.2) is 42.5 Å². The predicted molar refractivity (Wildman–Crippen MR) is 97.8 cm³/mol. The first kappa shape index (κ1) is 17.2. The maximum absolute atomic E-state index is 13.1. The first-order valence-electron chi connectivity index (χ1n) is 8.44. The summed E-state index contributed by atoms with van der Waals surface area (Å²) in [6.07, 6.45) is 0. The largest absolute Gasteiger partial charge is 0.454 e. The van der Waals surface area contributed by atoms with Crippen molar-refractivity contribution in [1.29, 1.82) is 0 Å². The van der Waals surface area contributed by atoms with Gasteiger partial charge in [0.05, 0.1) is 6.04 Å². The van der Waals surface area contributed by atoms with Crippen LogP contribution in [0.5, 0.6) is 11.5 Å². The predicted octanol–water partition coefficient (Wildman–Crippen LogP) is 2.62. The van der Waals surface area contributed by atoms with E-state index in [0.717, 1.165) is 22.6 Å². The molecule has 2 aromatic rings. The zero-order chi connectivity index (χ0) is 17.9. The quantitative estimate of drug-likeness (QED) is 0.862. The van der Waals surface area contributed by atoms with Crippen LogP contribution in [0.25, 0.3) is 0 Å². The van der Waals surface area contributed by atoms with E-state index >= 15 is 0 Å². The van der Waals surface area contributed by atoms with Gasteiger partial charge in [-0.15, -0.1) is 0 Å². The van der Waals surface area contributed by atoms with Crippen LogP contribution in [-0.2, 0) is 11.3 Å². The summed E-state index contributed by atoms with van der Waals surface area (Å²) < 4.78 is 23.7. The highest BCUT2D eigenvalue weighted by atomic mass is 32.2. The van der Waals surface area contributed by atoms with Gasteiger partial charge < -0.3 is 14.8 Å². The Labute approximate surface area is 155 Å². The molecule has 0 bridgehead atoms. The Bertz CT molecular complexity index is 800. The lowest BCUT2D eigenvalue weighted by Crippen LogP contribution is -2.50. The molecule has 1 fully saturated rings. The summed E-state index contributed by atoms with van der Waals surface area (Å²) in [5, 5.41) is 6.34. The molecule has 2 N–H and O–H groups in total. The molecule has 0 aliphatic carbocycles. The van der Waals surface area contributed by atoms with Crippen LogP contribution in [0.2, 0.25) is 0 Å². The fourth-order valence-electron chi connectivity index (χ4n) is 3.05. The molecule has 0 saturated carbocycles. The Morgan fingerprint density at radius 2 is 1.96 bits per heavy atom. The molecule has 136 valence electrons. The normalized spacial score (nSPS) is 21.4. The fourth-order valence-corrected chi connectivity index (χ4v) is 4.19. The van der Waals surface area contributed by atoms with Crippen molar-refractivity contribution in [2.75, 3.05) is 18.3 Å². The molecular weight excluding hydrogens is 355 g/mol. The second kappa shape index (κ2) is 7.55. The average Bonchev–Trinajstić information content (AvgIpc) is 3.14. The molecule has 2 aromatic carbocycles. The first-order valence-corrected chi connectivity index (χ1v) is 9.60. The zero-order valence-corrected chi connectivity index (χ0v) is 14.9. The highest BCUT2D eigenvalue weighted by Gasteiger charge is 2.27. The maximum atomic E-state index is 13.1. The Hall–Kier alpha value is -2.25. The van der Waals surface area contributed by atoms with E-state index in [2.05, 4.69) is 10.6 Å². The molecular formula is C19H19FN2O3S. The first-order chi connectivity index (χ1) is 12.7. The van der Waals surface area contributed by atoms with Crippen molar-refractivity contribution in [2.24, 2.45) is 0 Å². The Balaban J connectivity index is 1.34. The number of ether oxygens (including phenoxy) is 2. The molecule has 1 amide bonds.